The van der Waals surface area contributed by atoms with Crippen molar-refractivity contribution in [1.82, 2.24) is 74.0 Å². The lowest BCUT2D eigenvalue weighted by Crippen LogP contribution is -2.62. The van der Waals surface area contributed by atoms with Crippen molar-refractivity contribution in [2.24, 2.45) is 34.8 Å². The van der Waals surface area contributed by atoms with Gasteiger partial charge in [-0.25, -0.2) is 0 Å². The molecule has 0 bridgehead atoms. The third-order valence-corrected chi connectivity index (χ3v) is 20.8. The number of primary amides is 1. The smallest absolute Gasteiger partial charge is 0.246 e. The minimum absolute atomic E-state index is 0.0142. The van der Waals surface area contributed by atoms with Gasteiger partial charge in [-0.1, -0.05) is 47.5 Å². The van der Waals surface area contributed by atoms with Crippen molar-refractivity contribution in [3.63, 3.8) is 0 Å². The Hall–Kier alpha value is -7.17. The van der Waals surface area contributed by atoms with E-state index in [1.54, 1.807) is 34.6 Å². The molecule has 13 amide bonds. The number of carbonyl (C=O) groups is 13. The van der Waals surface area contributed by atoms with E-state index >= 15 is 4.79 Å². The summed E-state index contributed by atoms with van der Waals surface area (Å²) < 4.78 is 5.57. The predicted molar refractivity (Wildman–Crippen MR) is 375 cm³/mol. The lowest BCUT2D eigenvalue weighted by atomic mass is 9.82. The SMILES string of the molecule is CCC[C@@H]1NC(=O)[C@H](CC2CNC3NCCCC23)NC(=O)[C@H]([C@@H](C)O)NC(=O)[C@@H]2CCCN2C(=O)[C@H](CC2CCC(O)CC2)NC(=O)[C@H](C(C)(C)C)NC(=O)COCCNC(=O)CCC[C@@H](C(N)=O)NC(=O)[C@H]([C@@H](C)O)NC(=O)[C@H](CCC)NC(=O)[C@H](CC2CCC(O)CC2)NC(=O)[C@H](C)NC1=O. The molecule has 6 aliphatic rings. The zero-order valence-electron chi connectivity index (χ0n) is 61.4. The van der Waals surface area contributed by atoms with Gasteiger partial charge >= 0.3 is 0 Å². The first kappa shape index (κ1) is 84.8. The van der Waals surface area contributed by atoms with Crippen molar-refractivity contribution < 1.29 is 87.5 Å². The first-order valence-electron chi connectivity index (χ1n) is 37.4. The molecule has 2 saturated carbocycles. The third-order valence-electron chi connectivity index (χ3n) is 20.8. The molecular weight excluding hydrogens is 1340 g/mol. The van der Waals surface area contributed by atoms with Crippen LogP contribution in [0.25, 0.3) is 0 Å². The number of carbonyl (C=O) groups excluding carboxylic acids is 13. The van der Waals surface area contributed by atoms with Gasteiger partial charge in [-0.2, -0.15) is 0 Å². The average Bonchev–Trinajstić information content (AvgIpc) is 1.76. The second-order valence-corrected chi connectivity index (χ2v) is 30.3. The van der Waals surface area contributed by atoms with Crippen LogP contribution in [0.2, 0.25) is 0 Å². The first-order valence-corrected chi connectivity index (χ1v) is 37.4. The van der Waals surface area contributed by atoms with E-state index in [0.29, 0.717) is 77.2 Å². The molecule has 4 heterocycles. The van der Waals surface area contributed by atoms with Crippen LogP contribution in [0, 0.1) is 29.1 Å². The van der Waals surface area contributed by atoms with Gasteiger partial charge in [0.1, 0.15) is 73.1 Å². The molecule has 33 nitrogen and oxygen atoms in total. The van der Waals surface area contributed by atoms with E-state index in [1.807, 2.05) is 0 Å². The highest BCUT2D eigenvalue weighted by atomic mass is 16.5. The minimum Gasteiger partial charge on any atom is -0.393 e. The van der Waals surface area contributed by atoms with Crippen molar-refractivity contribution in [3.8, 4) is 0 Å². The van der Waals surface area contributed by atoms with E-state index in [4.69, 9.17) is 10.5 Å². The molecule has 0 radical (unpaired) electrons. The fourth-order valence-electron chi connectivity index (χ4n) is 14.8. The highest BCUT2D eigenvalue weighted by molar-refractivity contribution is 5.99. The van der Waals surface area contributed by atoms with Gasteiger partial charge in [-0.05, 0) is 185 Å². The van der Waals surface area contributed by atoms with Gasteiger partial charge in [0.25, 0.3) is 0 Å². The molecule has 0 spiro atoms. The molecule has 33 heteroatoms. The summed E-state index contributed by atoms with van der Waals surface area (Å²) in [5.74, 6) is -10.8. The van der Waals surface area contributed by atoms with Crippen LogP contribution in [-0.2, 0) is 67.1 Å². The number of amides is 13. The van der Waals surface area contributed by atoms with Gasteiger partial charge in [0.15, 0.2) is 0 Å². The van der Waals surface area contributed by atoms with Crippen LogP contribution in [0.3, 0.4) is 0 Å². The lowest BCUT2D eigenvalue weighted by Gasteiger charge is -2.35. The van der Waals surface area contributed by atoms with Crippen LogP contribution in [0.15, 0.2) is 0 Å². The fourth-order valence-corrected chi connectivity index (χ4v) is 14.8. The van der Waals surface area contributed by atoms with Gasteiger partial charge in [-0.15, -0.1) is 0 Å². The van der Waals surface area contributed by atoms with Crippen LogP contribution in [0.4, 0.5) is 0 Å². The number of nitrogens with two attached hydrogens (primary N) is 1. The van der Waals surface area contributed by atoms with Crippen LogP contribution in [0.1, 0.15) is 197 Å². The summed E-state index contributed by atoms with van der Waals surface area (Å²) in [4.78, 5) is 186. The monoisotopic (exact) mass is 1460 g/mol. The van der Waals surface area contributed by atoms with Crippen molar-refractivity contribution in [1.29, 1.82) is 0 Å². The fraction of sp³-hybridized carbons (Fsp3) is 0.814. The summed E-state index contributed by atoms with van der Waals surface area (Å²) in [5.41, 5.74) is 4.73. The van der Waals surface area contributed by atoms with Crippen LogP contribution in [-0.4, -0.2) is 239 Å². The average molecular weight is 1460 g/mol. The molecule has 6 fully saturated rings. The molecule has 6 rings (SSSR count). The number of hydrogen-bond donors (Lipinski definition) is 18. The first-order chi connectivity index (χ1) is 48.8. The molecule has 3 unspecified atom stereocenters. The Bertz CT molecular complexity index is 2900. The van der Waals surface area contributed by atoms with E-state index in [9.17, 15) is 78.0 Å². The van der Waals surface area contributed by atoms with E-state index < -0.39 is 180 Å². The quantitative estimate of drug-likeness (QED) is 0.0867. The minimum atomic E-state index is -1.69. The zero-order chi connectivity index (χ0) is 75.8. The summed E-state index contributed by atoms with van der Waals surface area (Å²) in [6.45, 7) is 13.0. The van der Waals surface area contributed by atoms with Crippen LogP contribution in [0.5, 0.6) is 0 Å². The molecule has 103 heavy (non-hydrogen) atoms. The Balaban J connectivity index is 1.30. The second kappa shape index (κ2) is 40.9. The third kappa shape index (κ3) is 26.1. The molecule has 0 aromatic heterocycles. The normalized spacial score (nSPS) is 33.8. The van der Waals surface area contributed by atoms with E-state index in [1.165, 1.54) is 25.7 Å². The maximum Gasteiger partial charge on any atom is 0.246 e. The number of ether oxygens (including phenoxy) is 1. The number of nitrogens with one attached hydrogen (secondary N) is 13. The van der Waals surface area contributed by atoms with Crippen LogP contribution < -0.4 is 74.9 Å². The van der Waals surface area contributed by atoms with E-state index in [2.05, 4.69) is 69.1 Å². The van der Waals surface area contributed by atoms with Gasteiger partial charge in [0.05, 0.1) is 37.2 Å². The molecule has 4 aliphatic heterocycles. The van der Waals surface area contributed by atoms with Crippen molar-refractivity contribution in [2.45, 2.75) is 294 Å². The molecule has 16 atom stereocenters. The zero-order valence-corrected chi connectivity index (χ0v) is 61.4. The summed E-state index contributed by atoms with van der Waals surface area (Å²) in [6.07, 6.45) is 2.33. The number of hydrogen-bond acceptors (Lipinski definition) is 20. The predicted octanol–water partition coefficient (Wildman–Crippen LogP) is -3.13. The standard InChI is InChI=1S/C70H119N15O18/c1-9-14-47-61(94)75-37(3)60(93)79-49(32-40-20-24-43(88)25-21-40)63(96)78-48(15-10-2)62(95)83-55(38(4)86)66(99)76-46(58(71)92)17-11-19-53(90)72-29-31-103-36-54(91)82-57(70(6,7)8)68(101)81-51(33-41-22-26-44(89)27-23-41)69(102)85-30-13-18-52(85)65(98)84-56(39(5)87)67(100)80-50(64(97)77-47)34-42-35-74-59-45(42)16-12-28-73-59/h37-52,55-57,59,73-74,86-89H,9-36H2,1-8H3,(H2,71,92)(H,72,90)(H,75,94)(H,76,99)(H,77,97)(H,78,96)(H,79,93)(H,80,100)(H,81,101)(H,82,91)(H,83,95)(H,84,98)/t37-,38+,39+,40?,41?,42?,43?,44?,45?,46-,47-,48-,49-,50-,51-,52-,55-,56-,57+,59?/m0/s1. The Morgan fingerprint density at radius 2 is 1.06 bits per heavy atom. The number of piperidine rings is 1. The number of rotatable bonds is 13. The number of nitrogens with zero attached hydrogens (tertiary/aromatic N) is 1. The molecule has 19 N–H and O–H groups in total. The molecule has 0 aromatic carbocycles. The van der Waals surface area contributed by atoms with Gasteiger partial charge < -0.3 is 105 Å². The largest absolute Gasteiger partial charge is 0.393 e. The highest BCUT2D eigenvalue weighted by Gasteiger charge is 2.45. The molecule has 582 valence electrons. The molecule has 0 aromatic rings. The molecular formula is C70H119N15O18. The van der Waals surface area contributed by atoms with Crippen molar-refractivity contribution in [2.75, 3.05) is 39.4 Å². The number of aliphatic hydroxyl groups excluding tert-OH is 4. The molecule has 2 aliphatic carbocycles. The summed E-state index contributed by atoms with van der Waals surface area (Å²) in [6, 6.07) is -15.1. The van der Waals surface area contributed by atoms with Gasteiger partial charge in [0, 0.05) is 19.5 Å². The van der Waals surface area contributed by atoms with E-state index in [0.717, 1.165) is 19.4 Å². The maximum atomic E-state index is 15.0. The van der Waals surface area contributed by atoms with Gasteiger partial charge in [0.2, 0.25) is 76.8 Å². The van der Waals surface area contributed by atoms with Crippen LogP contribution >= 0.6 is 0 Å². The number of fused-ring (bicyclic) bond motifs is 2. The maximum absolute atomic E-state index is 15.0. The van der Waals surface area contributed by atoms with Gasteiger partial charge in [-0.3, -0.25) is 62.3 Å². The van der Waals surface area contributed by atoms with Crippen molar-refractivity contribution in [3.05, 3.63) is 0 Å². The summed E-state index contributed by atoms with van der Waals surface area (Å²) in [5, 5.41) is 79.3. The lowest BCUT2D eigenvalue weighted by molar-refractivity contribution is -0.144. The summed E-state index contributed by atoms with van der Waals surface area (Å²) in [7, 11) is 0. The Kier molecular flexibility index (Phi) is 33.7. The Morgan fingerprint density at radius 3 is 1.62 bits per heavy atom. The second-order valence-electron chi connectivity index (χ2n) is 30.3. The summed E-state index contributed by atoms with van der Waals surface area (Å²) >= 11 is 0. The highest BCUT2D eigenvalue weighted by Crippen LogP contribution is 2.34. The van der Waals surface area contributed by atoms with E-state index in [-0.39, 0.29) is 107 Å². The molecule has 4 saturated heterocycles. The van der Waals surface area contributed by atoms with Crippen molar-refractivity contribution >= 4 is 76.8 Å². The topological polar surface area (TPSA) is 498 Å². The Morgan fingerprint density at radius 1 is 0.544 bits per heavy atom. The number of aliphatic hydroxyl groups is 4. The Labute approximate surface area is 604 Å².